The molecule has 0 aliphatic heterocycles. The molecule has 17 heavy (non-hydrogen) atoms. The van der Waals surface area contributed by atoms with Crippen LogP contribution in [0.1, 0.15) is 15.9 Å². The van der Waals surface area contributed by atoms with Gasteiger partial charge in [0.15, 0.2) is 0 Å². The topological polar surface area (TPSA) is 49.3 Å². The van der Waals surface area contributed by atoms with Gasteiger partial charge in [0.2, 0.25) is 0 Å². The molecule has 0 aliphatic carbocycles. The fourth-order valence-corrected chi connectivity index (χ4v) is 1.41. The Morgan fingerprint density at radius 2 is 1.88 bits per heavy atom. The normalized spacial score (nSPS) is 10.6. The van der Waals surface area contributed by atoms with Crippen molar-refractivity contribution in [2.24, 2.45) is 0 Å². The van der Waals surface area contributed by atoms with E-state index in [0.717, 1.165) is 6.07 Å². The first-order valence-corrected chi connectivity index (χ1v) is 4.53. The van der Waals surface area contributed by atoms with Crippen molar-refractivity contribution in [1.82, 2.24) is 0 Å². The summed E-state index contributed by atoms with van der Waals surface area (Å²) >= 11 is 0. The minimum absolute atomic E-state index is 0. The summed E-state index contributed by atoms with van der Waals surface area (Å²) in [6.45, 7) is -3.74. The van der Waals surface area contributed by atoms with Gasteiger partial charge in [-0.25, -0.2) is 4.79 Å². The minimum atomic E-state index is -5.20. The molecule has 0 atom stereocenters. The molecule has 1 aromatic carbocycles. The van der Waals surface area contributed by atoms with Crippen LogP contribution >= 0.6 is 0 Å². The van der Waals surface area contributed by atoms with Crippen molar-refractivity contribution in [3.63, 3.8) is 0 Å². The van der Waals surface area contributed by atoms with E-state index in [1.54, 1.807) is 0 Å². The summed E-state index contributed by atoms with van der Waals surface area (Å²) < 4.78 is 37.6. The first kappa shape index (κ1) is 17.0. The monoisotopic (exact) mass is 271 g/mol. The number of nitrogens with one attached hydrogen (secondary N) is 1. The minimum Gasteiger partial charge on any atom is -0.478 e. The fourth-order valence-electron chi connectivity index (χ4n) is 1.41. The number of benzene rings is 1. The fraction of sp³-hybridized carbons (Fsp3) is 0.222. The van der Waals surface area contributed by atoms with E-state index in [-0.39, 0.29) is 62.6 Å². The predicted octanol–water partition coefficient (Wildman–Crippen LogP) is -1.21. The summed E-state index contributed by atoms with van der Waals surface area (Å²) in [6.07, 6.45) is 0. The first-order chi connectivity index (χ1) is 7.27. The summed E-state index contributed by atoms with van der Waals surface area (Å²) in [7, 11) is 1.45. The molecule has 2 N–H and O–H groups in total. The Labute approximate surface area is 139 Å². The summed E-state index contributed by atoms with van der Waals surface area (Å²) in [5.41, 5.74) is -0.777. The third-order valence-electron chi connectivity index (χ3n) is 2.31. The number of halogens is 3. The molecule has 0 heterocycles. The molecule has 0 spiro atoms. The second-order valence-corrected chi connectivity index (χ2v) is 3.37. The van der Waals surface area contributed by atoms with Gasteiger partial charge in [-0.3, -0.25) is 0 Å². The van der Waals surface area contributed by atoms with Gasteiger partial charge in [-0.15, -0.1) is 5.46 Å². The molecule has 1 rings (SSSR count). The summed E-state index contributed by atoms with van der Waals surface area (Å²) in [4.78, 5) is 10.8. The average molecular weight is 271 g/mol. The molecule has 0 fully saturated rings. The third kappa shape index (κ3) is 3.99. The van der Waals surface area contributed by atoms with Gasteiger partial charge in [-0.1, -0.05) is 12.1 Å². The summed E-state index contributed by atoms with van der Waals surface area (Å²) in [6, 6.07) is 1.58. The molecule has 0 unspecified atom stereocenters. The number of anilines is 1. The summed E-state index contributed by atoms with van der Waals surface area (Å²) in [5.74, 6) is -1.36. The number of carboxylic acids is 1. The molecule has 88 valence electrons. The zero-order valence-corrected chi connectivity index (χ0v) is 12.8. The Hall–Kier alpha value is -0.0187. The van der Waals surface area contributed by atoms with Crippen LogP contribution in [-0.4, -0.2) is 25.1 Å². The smallest absolute Gasteiger partial charge is 0.478 e. The van der Waals surface area contributed by atoms with Crippen molar-refractivity contribution in [2.45, 2.75) is 6.92 Å². The summed E-state index contributed by atoms with van der Waals surface area (Å²) in [5, 5.41) is 11.3. The number of hydrogen-bond donors (Lipinski definition) is 2. The molecular weight excluding hydrogens is 261 g/mol. The maximum absolute atomic E-state index is 12.5. The Balaban J connectivity index is 0.00000256. The molecule has 8 heteroatoms. The Kier molecular flexibility index (Phi) is 6.23. The van der Waals surface area contributed by atoms with E-state index in [9.17, 15) is 17.7 Å². The molecule has 3 nitrogen and oxygen atoms in total. The average Bonchev–Trinajstić information content (AvgIpc) is 2.15. The Morgan fingerprint density at radius 1 is 1.35 bits per heavy atom. The number of hydrogen-bond acceptors (Lipinski definition) is 2. The van der Waals surface area contributed by atoms with E-state index < -0.39 is 18.4 Å². The molecule has 0 radical (unpaired) electrons. The predicted molar refractivity (Wildman–Crippen MR) is 56.4 cm³/mol. The molecule has 0 aliphatic rings. The van der Waals surface area contributed by atoms with E-state index in [0.29, 0.717) is 11.6 Å². The van der Waals surface area contributed by atoms with Crippen LogP contribution in [0, 0.1) is 6.92 Å². The van der Waals surface area contributed by atoms with Crippen LogP contribution < -0.4 is 62.2 Å². The maximum Gasteiger partial charge on any atom is 1.00 e. The van der Waals surface area contributed by atoms with Crippen LogP contribution in [0.25, 0.3) is 0 Å². The Bertz CT molecular complexity index is 437. The van der Waals surface area contributed by atoms with Crippen molar-refractivity contribution < 1.29 is 74.2 Å². The first-order valence-electron chi connectivity index (χ1n) is 4.53. The molecule has 0 bridgehead atoms. The number of rotatable bonds is 3. The van der Waals surface area contributed by atoms with Crippen LogP contribution in [0.5, 0.6) is 0 Å². The van der Waals surface area contributed by atoms with Gasteiger partial charge in [0.25, 0.3) is 0 Å². The van der Waals surface area contributed by atoms with Crippen LogP contribution in [0.4, 0.5) is 18.6 Å². The van der Waals surface area contributed by atoms with E-state index in [2.05, 4.69) is 5.32 Å². The molecule has 0 saturated heterocycles. The van der Waals surface area contributed by atoms with Gasteiger partial charge in [0.05, 0.1) is 5.56 Å². The molecule has 0 amide bonds. The zero-order valence-electron chi connectivity index (χ0n) is 9.72. The van der Waals surface area contributed by atoms with Crippen LogP contribution in [0.2, 0.25) is 0 Å². The van der Waals surface area contributed by atoms with E-state index in [4.69, 9.17) is 5.11 Å². The van der Waals surface area contributed by atoms with Gasteiger partial charge in [-0.2, -0.15) is 0 Å². The van der Waals surface area contributed by atoms with Gasteiger partial charge in [0.1, 0.15) is 0 Å². The van der Waals surface area contributed by atoms with Crippen molar-refractivity contribution in [1.29, 1.82) is 0 Å². The SMILES string of the molecule is CNc1cc([B-](F)(F)F)cc(C(=O)O)c1C.[K+]. The van der Waals surface area contributed by atoms with Gasteiger partial charge >= 0.3 is 64.3 Å². The van der Waals surface area contributed by atoms with Crippen molar-refractivity contribution in [2.75, 3.05) is 12.4 Å². The van der Waals surface area contributed by atoms with Crippen molar-refractivity contribution in [3.05, 3.63) is 23.3 Å². The molecule has 0 saturated carbocycles. The van der Waals surface area contributed by atoms with E-state index in [1.165, 1.54) is 14.0 Å². The number of carbonyl (C=O) groups is 1. The molecular formula is C9H10BF3KNO2. The quantitative estimate of drug-likeness (QED) is 0.678. The van der Waals surface area contributed by atoms with Crippen LogP contribution in [0.15, 0.2) is 12.1 Å². The van der Waals surface area contributed by atoms with E-state index >= 15 is 0 Å². The van der Waals surface area contributed by atoms with Gasteiger partial charge in [0, 0.05) is 12.7 Å². The molecule has 0 aromatic heterocycles. The van der Waals surface area contributed by atoms with Crippen molar-refractivity contribution in [3.8, 4) is 0 Å². The van der Waals surface area contributed by atoms with E-state index in [1.807, 2.05) is 0 Å². The number of aromatic carboxylic acids is 1. The van der Waals surface area contributed by atoms with Crippen LogP contribution in [-0.2, 0) is 0 Å². The Morgan fingerprint density at radius 3 is 2.24 bits per heavy atom. The second-order valence-electron chi connectivity index (χ2n) is 3.37. The van der Waals surface area contributed by atoms with Gasteiger partial charge < -0.3 is 23.4 Å². The largest absolute Gasteiger partial charge is 1.00 e. The maximum atomic E-state index is 12.5. The third-order valence-corrected chi connectivity index (χ3v) is 2.31. The molecule has 1 aromatic rings. The van der Waals surface area contributed by atoms with Crippen LogP contribution in [0.3, 0.4) is 0 Å². The zero-order chi connectivity index (χ0) is 12.5. The standard InChI is InChI=1S/C9H10BF3NO2.K/c1-5-7(9(15)16)3-6(10(11,12)13)4-8(5)14-2;/h3-4,14H,1-2H3,(H,15,16);/q-1;+1. The van der Waals surface area contributed by atoms with Gasteiger partial charge in [-0.05, 0) is 12.5 Å². The van der Waals surface area contributed by atoms with Crippen molar-refractivity contribution >= 4 is 24.1 Å². The number of carboxylic acid groups (broad SMARTS) is 1. The second kappa shape index (κ2) is 6.24.